The lowest BCUT2D eigenvalue weighted by atomic mass is 9.83. The molecule has 2 amide bonds. The lowest BCUT2D eigenvalue weighted by Gasteiger charge is -2.48. The van der Waals surface area contributed by atoms with E-state index in [9.17, 15) is 9.59 Å². The molecular weight excluding hydrogens is 400 g/mol. The molecule has 32 heavy (non-hydrogen) atoms. The van der Waals surface area contributed by atoms with Gasteiger partial charge in [-0.3, -0.25) is 9.59 Å². The predicted molar refractivity (Wildman–Crippen MR) is 124 cm³/mol. The number of amides is 2. The van der Waals surface area contributed by atoms with Gasteiger partial charge >= 0.3 is 0 Å². The van der Waals surface area contributed by atoms with Crippen LogP contribution in [0.1, 0.15) is 23.7 Å². The van der Waals surface area contributed by atoms with E-state index in [4.69, 9.17) is 0 Å². The average Bonchev–Trinajstić information content (AvgIpc) is 3.21. The number of carbonyl (C=O) groups is 2. The quantitative estimate of drug-likeness (QED) is 0.499. The Morgan fingerprint density at radius 1 is 0.969 bits per heavy atom. The first-order valence-electron chi connectivity index (χ1n) is 10.8. The second-order valence-corrected chi connectivity index (χ2v) is 8.57. The fourth-order valence-electron chi connectivity index (χ4n) is 5.18. The Labute approximate surface area is 185 Å². The van der Waals surface area contributed by atoms with Crippen molar-refractivity contribution in [1.82, 2.24) is 14.9 Å². The summed E-state index contributed by atoms with van der Waals surface area (Å²) in [4.78, 5) is 32.0. The smallest absolute Gasteiger partial charge is 0.275 e. The van der Waals surface area contributed by atoms with Gasteiger partial charge in [-0.2, -0.15) is 5.10 Å². The van der Waals surface area contributed by atoms with Crippen molar-refractivity contribution in [1.29, 1.82) is 0 Å². The van der Waals surface area contributed by atoms with Crippen LogP contribution in [0.3, 0.4) is 0 Å². The molecule has 6 rings (SSSR count). The van der Waals surface area contributed by atoms with Gasteiger partial charge in [0.1, 0.15) is 6.54 Å². The van der Waals surface area contributed by atoms with Crippen LogP contribution in [0.25, 0.3) is 21.7 Å². The minimum Gasteiger partial charge on any atom is -0.356 e. The van der Waals surface area contributed by atoms with Crippen LogP contribution >= 0.6 is 0 Å². The second kappa shape index (κ2) is 6.79. The summed E-state index contributed by atoms with van der Waals surface area (Å²) in [6, 6.07) is 22.1. The number of para-hydroxylation sites is 1. The van der Waals surface area contributed by atoms with Crippen molar-refractivity contribution in [3.05, 3.63) is 83.6 Å². The fourth-order valence-corrected chi connectivity index (χ4v) is 5.18. The number of hydrazone groups is 1. The van der Waals surface area contributed by atoms with Gasteiger partial charge in [-0.15, -0.1) is 0 Å². The summed E-state index contributed by atoms with van der Waals surface area (Å²) >= 11 is 0. The number of H-pyrrole nitrogens is 1. The zero-order valence-electron chi connectivity index (χ0n) is 17.7. The van der Waals surface area contributed by atoms with Gasteiger partial charge < -0.3 is 9.88 Å². The van der Waals surface area contributed by atoms with E-state index in [1.54, 1.807) is 11.1 Å². The van der Waals surface area contributed by atoms with E-state index in [1.807, 2.05) is 67.6 Å². The molecule has 1 N–H and O–H groups in total. The summed E-state index contributed by atoms with van der Waals surface area (Å²) in [7, 11) is 0. The summed E-state index contributed by atoms with van der Waals surface area (Å²) in [6.45, 7) is 2.31. The highest BCUT2D eigenvalue weighted by Crippen LogP contribution is 2.41. The summed E-state index contributed by atoms with van der Waals surface area (Å²) in [6.07, 6.45) is 2.41. The van der Waals surface area contributed by atoms with Crippen molar-refractivity contribution in [2.75, 3.05) is 13.1 Å². The van der Waals surface area contributed by atoms with Gasteiger partial charge in [0.25, 0.3) is 5.91 Å². The maximum Gasteiger partial charge on any atom is 0.275 e. The molecule has 1 saturated heterocycles. The Bertz CT molecular complexity index is 1430. The van der Waals surface area contributed by atoms with E-state index in [-0.39, 0.29) is 18.4 Å². The Kier molecular flexibility index (Phi) is 3.99. The summed E-state index contributed by atoms with van der Waals surface area (Å²) in [5, 5.41) is 9.08. The van der Waals surface area contributed by atoms with Crippen molar-refractivity contribution < 1.29 is 9.59 Å². The van der Waals surface area contributed by atoms with Crippen molar-refractivity contribution in [3.63, 3.8) is 0 Å². The normalized spacial score (nSPS) is 20.9. The molecule has 1 atom stereocenters. The molecule has 0 bridgehead atoms. The molecule has 2 aliphatic heterocycles. The van der Waals surface area contributed by atoms with Gasteiger partial charge in [-0.25, -0.2) is 5.01 Å². The molecule has 0 unspecified atom stereocenters. The molecule has 6 nitrogen and oxygen atoms in total. The van der Waals surface area contributed by atoms with Crippen LogP contribution in [0.2, 0.25) is 0 Å². The lowest BCUT2D eigenvalue weighted by Crippen LogP contribution is -2.65. The Morgan fingerprint density at radius 3 is 2.59 bits per heavy atom. The molecule has 1 aromatic heterocycles. The third-order valence-electron chi connectivity index (χ3n) is 6.82. The maximum atomic E-state index is 13.7. The molecule has 6 heteroatoms. The van der Waals surface area contributed by atoms with E-state index in [0.29, 0.717) is 6.54 Å². The predicted octanol–water partition coefficient (Wildman–Crippen LogP) is 3.80. The zero-order chi connectivity index (χ0) is 21.9. The fraction of sp³-hybridized carbons (Fsp3) is 0.192. The number of carbonyl (C=O) groups excluding carboxylic acids is 2. The second-order valence-electron chi connectivity index (χ2n) is 8.57. The molecule has 3 aromatic carbocycles. The van der Waals surface area contributed by atoms with Crippen LogP contribution in [-0.2, 0) is 21.5 Å². The molecular formula is C26H22N4O2. The van der Waals surface area contributed by atoms with Crippen molar-refractivity contribution in [2.24, 2.45) is 5.10 Å². The highest BCUT2D eigenvalue weighted by Gasteiger charge is 2.54. The molecule has 2 aliphatic rings. The minimum absolute atomic E-state index is 0.0503. The van der Waals surface area contributed by atoms with E-state index >= 15 is 0 Å². The van der Waals surface area contributed by atoms with Crippen LogP contribution in [0.15, 0.2) is 71.8 Å². The minimum atomic E-state index is -1.10. The maximum absolute atomic E-state index is 13.7. The van der Waals surface area contributed by atoms with Gasteiger partial charge in [-0.1, -0.05) is 60.7 Å². The summed E-state index contributed by atoms with van der Waals surface area (Å²) in [5.41, 5.74) is 2.70. The van der Waals surface area contributed by atoms with Gasteiger partial charge in [0.2, 0.25) is 5.91 Å². The third-order valence-corrected chi connectivity index (χ3v) is 6.82. The van der Waals surface area contributed by atoms with E-state index < -0.39 is 5.54 Å². The number of hydrogen-bond acceptors (Lipinski definition) is 3. The van der Waals surface area contributed by atoms with Gasteiger partial charge in [-0.05, 0) is 35.7 Å². The molecule has 1 fully saturated rings. The Balaban J connectivity index is 1.42. The first-order chi connectivity index (χ1) is 15.6. The van der Waals surface area contributed by atoms with Gasteiger partial charge in [0, 0.05) is 23.0 Å². The number of nitrogens with zero attached hydrogens (tertiary/aromatic N) is 3. The molecule has 0 radical (unpaired) electrons. The summed E-state index contributed by atoms with van der Waals surface area (Å²) in [5.74, 6) is -0.285. The molecule has 4 aromatic rings. The molecule has 0 saturated carbocycles. The highest BCUT2D eigenvalue weighted by atomic mass is 16.2. The lowest BCUT2D eigenvalue weighted by molar-refractivity contribution is -0.165. The van der Waals surface area contributed by atoms with Crippen LogP contribution in [-0.4, -0.2) is 46.0 Å². The van der Waals surface area contributed by atoms with Crippen molar-refractivity contribution in [2.45, 2.75) is 18.9 Å². The van der Waals surface area contributed by atoms with Crippen molar-refractivity contribution in [3.8, 4) is 0 Å². The van der Waals surface area contributed by atoms with Crippen molar-refractivity contribution >= 4 is 39.7 Å². The van der Waals surface area contributed by atoms with Gasteiger partial charge in [0.15, 0.2) is 5.54 Å². The highest BCUT2D eigenvalue weighted by molar-refractivity contribution is 6.03. The van der Waals surface area contributed by atoms with Crippen LogP contribution < -0.4 is 0 Å². The SMILES string of the molecule is C[C@@]12C(=O)N(/N=C/c3cccc4ccccc34)CC(=O)N1CCc1c2[nH]c2ccccc12. The van der Waals surface area contributed by atoms with Crippen LogP contribution in [0.4, 0.5) is 0 Å². The first-order valence-corrected chi connectivity index (χ1v) is 10.8. The molecule has 0 aliphatic carbocycles. The van der Waals surface area contributed by atoms with E-state index in [0.717, 1.165) is 44.9 Å². The number of nitrogens with one attached hydrogen (secondary N) is 1. The zero-order valence-corrected chi connectivity index (χ0v) is 17.7. The number of fused-ring (bicyclic) bond motifs is 6. The number of piperazine rings is 1. The van der Waals surface area contributed by atoms with Crippen LogP contribution in [0.5, 0.6) is 0 Å². The number of hydrogen-bond donors (Lipinski definition) is 1. The molecule has 158 valence electrons. The number of benzene rings is 3. The van der Waals surface area contributed by atoms with Gasteiger partial charge in [0.05, 0.1) is 11.9 Å². The first kappa shape index (κ1) is 18.8. The number of rotatable bonds is 2. The molecule has 3 heterocycles. The van der Waals surface area contributed by atoms with E-state index in [1.165, 1.54) is 5.01 Å². The van der Waals surface area contributed by atoms with Crippen LogP contribution in [0, 0.1) is 0 Å². The number of aromatic nitrogens is 1. The standard InChI is InChI=1S/C26H22N4O2/c1-26-24-21(20-11-4-5-12-22(20)28-24)13-14-29(26)23(31)16-30(25(26)32)27-15-18-9-6-8-17-7-2-3-10-19(17)18/h2-12,15,28H,13-14,16H2,1H3/b27-15+/t26-/m1/s1. The third kappa shape index (κ3) is 2.56. The average molecular weight is 422 g/mol. The number of aromatic amines is 1. The monoisotopic (exact) mass is 422 g/mol. The van der Waals surface area contributed by atoms with E-state index in [2.05, 4.69) is 16.2 Å². The Morgan fingerprint density at radius 2 is 1.72 bits per heavy atom. The largest absolute Gasteiger partial charge is 0.356 e. The Hall–Kier alpha value is -3.93. The molecule has 0 spiro atoms. The topological polar surface area (TPSA) is 68.8 Å². The summed E-state index contributed by atoms with van der Waals surface area (Å²) < 4.78 is 0.